The van der Waals surface area contributed by atoms with Crippen LogP contribution < -0.4 is 20.1 Å². The summed E-state index contributed by atoms with van der Waals surface area (Å²) in [6.45, 7) is 7.13. The third-order valence-electron chi connectivity index (χ3n) is 5.96. The minimum atomic E-state index is -0.909. The Labute approximate surface area is 176 Å². The molecule has 162 valence electrons. The number of nitrogens with zero attached hydrogens (tertiary/aromatic N) is 1. The second kappa shape index (κ2) is 7.49. The van der Waals surface area contributed by atoms with Gasteiger partial charge in [-0.2, -0.15) is 0 Å². The predicted molar refractivity (Wildman–Crippen MR) is 110 cm³/mol. The van der Waals surface area contributed by atoms with Gasteiger partial charge in [-0.3, -0.25) is 14.5 Å². The molecule has 4 rings (SSSR count). The summed E-state index contributed by atoms with van der Waals surface area (Å²) in [4.78, 5) is 39.4. The maximum Gasteiger partial charge on any atom is 0.325 e. The Balaban J connectivity index is 1.44. The highest BCUT2D eigenvalue weighted by Crippen LogP contribution is 2.46. The standard InChI is InChI=1S/C22H29N3O5/c1-14-10-21(2,3)13-22(11-14)19(27)25(20(28)24-22)12-18(26)23-15-5-6-16-17(9-15)30-8-4-7-29-16/h5-6,9,14H,4,7-8,10-13H2,1-3H3,(H,23,26)(H,24,28). The van der Waals surface area contributed by atoms with Crippen LogP contribution in [0.2, 0.25) is 0 Å². The van der Waals surface area contributed by atoms with Crippen molar-refractivity contribution >= 4 is 23.5 Å². The van der Waals surface area contributed by atoms with E-state index in [0.717, 1.165) is 17.7 Å². The number of hydrogen-bond acceptors (Lipinski definition) is 5. The summed E-state index contributed by atoms with van der Waals surface area (Å²) in [5, 5.41) is 5.64. The van der Waals surface area contributed by atoms with Crippen LogP contribution in [0.4, 0.5) is 10.5 Å². The average Bonchev–Trinajstić information content (AvgIpc) is 2.81. The molecule has 2 aliphatic heterocycles. The van der Waals surface area contributed by atoms with Crippen molar-refractivity contribution in [1.29, 1.82) is 0 Å². The van der Waals surface area contributed by atoms with Gasteiger partial charge in [0.15, 0.2) is 11.5 Å². The molecule has 3 aliphatic rings. The molecule has 2 unspecified atom stereocenters. The normalized spacial score (nSPS) is 27.6. The molecule has 1 aliphatic carbocycles. The zero-order valence-electron chi connectivity index (χ0n) is 17.7. The van der Waals surface area contributed by atoms with Crippen LogP contribution in [-0.2, 0) is 9.59 Å². The first-order chi connectivity index (χ1) is 14.2. The fraction of sp³-hybridized carbons (Fsp3) is 0.591. The molecule has 8 nitrogen and oxygen atoms in total. The van der Waals surface area contributed by atoms with Gasteiger partial charge in [-0.1, -0.05) is 20.8 Å². The molecule has 1 saturated carbocycles. The van der Waals surface area contributed by atoms with E-state index in [1.54, 1.807) is 18.2 Å². The van der Waals surface area contributed by atoms with Gasteiger partial charge in [0.1, 0.15) is 12.1 Å². The molecule has 1 aromatic carbocycles. The molecule has 0 bridgehead atoms. The van der Waals surface area contributed by atoms with Crippen LogP contribution in [0.1, 0.15) is 46.5 Å². The average molecular weight is 415 g/mol. The number of benzene rings is 1. The fourth-order valence-electron chi connectivity index (χ4n) is 5.23. The van der Waals surface area contributed by atoms with Crippen molar-refractivity contribution in [3.8, 4) is 11.5 Å². The first-order valence-electron chi connectivity index (χ1n) is 10.5. The molecule has 1 aromatic rings. The monoisotopic (exact) mass is 415 g/mol. The topological polar surface area (TPSA) is 97.0 Å². The van der Waals surface area contributed by atoms with Gasteiger partial charge in [-0.25, -0.2) is 4.79 Å². The molecule has 8 heteroatoms. The summed E-state index contributed by atoms with van der Waals surface area (Å²) < 4.78 is 11.2. The van der Waals surface area contributed by atoms with Gasteiger partial charge >= 0.3 is 6.03 Å². The number of urea groups is 1. The van der Waals surface area contributed by atoms with E-state index in [-0.39, 0.29) is 17.9 Å². The highest BCUT2D eigenvalue weighted by molar-refractivity contribution is 6.10. The van der Waals surface area contributed by atoms with Crippen LogP contribution in [0.25, 0.3) is 0 Å². The Bertz CT molecular complexity index is 884. The molecule has 1 spiro atoms. The lowest BCUT2D eigenvalue weighted by molar-refractivity contribution is -0.136. The van der Waals surface area contributed by atoms with E-state index in [9.17, 15) is 14.4 Å². The largest absolute Gasteiger partial charge is 0.490 e. The predicted octanol–water partition coefficient (Wildman–Crippen LogP) is 2.92. The van der Waals surface area contributed by atoms with Crippen molar-refractivity contribution in [3.05, 3.63) is 18.2 Å². The SMILES string of the molecule is CC1CC(C)(C)CC2(C1)NC(=O)N(CC(=O)Nc1ccc3c(c1)OCCCO3)C2=O. The van der Waals surface area contributed by atoms with Gasteiger partial charge in [-0.15, -0.1) is 0 Å². The van der Waals surface area contributed by atoms with Gasteiger partial charge in [0.05, 0.1) is 13.2 Å². The number of amides is 4. The van der Waals surface area contributed by atoms with Gasteiger partial charge in [-0.05, 0) is 42.7 Å². The number of anilines is 1. The minimum Gasteiger partial charge on any atom is -0.490 e. The Kier molecular flexibility index (Phi) is 5.11. The molecular weight excluding hydrogens is 386 g/mol. The zero-order valence-corrected chi connectivity index (χ0v) is 17.7. The van der Waals surface area contributed by atoms with E-state index < -0.39 is 17.5 Å². The van der Waals surface area contributed by atoms with Crippen LogP contribution in [0.3, 0.4) is 0 Å². The molecule has 0 aromatic heterocycles. The van der Waals surface area contributed by atoms with E-state index in [4.69, 9.17) is 9.47 Å². The smallest absolute Gasteiger partial charge is 0.325 e. The molecule has 30 heavy (non-hydrogen) atoms. The molecule has 2 N–H and O–H groups in total. The first kappa shape index (κ1) is 20.5. The van der Waals surface area contributed by atoms with Crippen LogP contribution in [0, 0.1) is 11.3 Å². The van der Waals surface area contributed by atoms with Crippen molar-refractivity contribution < 1.29 is 23.9 Å². The number of ether oxygens (including phenoxy) is 2. The van der Waals surface area contributed by atoms with E-state index in [0.29, 0.717) is 49.2 Å². The third kappa shape index (κ3) is 3.95. The van der Waals surface area contributed by atoms with E-state index in [1.807, 2.05) is 0 Å². The molecular formula is C22H29N3O5. The number of rotatable bonds is 3. The zero-order chi connectivity index (χ0) is 21.5. The Morgan fingerprint density at radius 2 is 1.93 bits per heavy atom. The van der Waals surface area contributed by atoms with Crippen molar-refractivity contribution in [2.24, 2.45) is 11.3 Å². The van der Waals surface area contributed by atoms with Gasteiger partial charge in [0.25, 0.3) is 5.91 Å². The summed E-state index contributed by atoms with van der Waals surface area (Å²) in [7, 11) is 0. The van der Waals surface area contributed by atoms with Crippen LogP contribution >= 0.6 is 0 Å². The maximum absolute atomic E-state index is 13.2. The molecule has 2 fully saturated rings. The quantitative estimate of drug-likeness (QED) is 0.740. The van der Waals surface area contributed by atoms with E-state index >= 15 is 0 Å². The summed E-state index contributed by atoms with van der Waals surface area (Å²) in [6, 6.07) is 4.64. The number of fused-ring (bicyclic) bond motifs is 1. The van der Waals surface area contributed by atoms with Gasteiger partial charge in [0, 0.05) is 18.2 Å². The van der Waals surface area contributed by atoms with Crippen molar-refractivity contribution in [2.75, 3.05) is 25.1 Å². The number of carbonyl (C=O) groups excluding carboxylic acids is 3. The Morgan fingerprint density at radius 1 is 1.20 bits per heavy atom. The molecule has 1 saturated heterocycles. The molecule has 2 atom stereocenters. The summed E-state index contributed by atoms with van der Waals surface area (Å²) in [5.41, 5.74) is -0.435. The minimum absolute atomic E-state index is 0.0528. The fourth-order valence-corrected chi connectivity index (χ4v) is 5.23. The summed E-state index contributed by atoms with van der Waals surface area (Å²) in [5.74, 6) is 0.774. The maximum atomic E-state index is 13.2. The van der Waals surface area contributed by atoms with Crippen LogP contribution in [0.5, 0.6) is 11.5 Å². The van der Waals surface area contributed by atoms with Gasteiger partial charge in [0.2, 0.25) is 5.91 Å². The number of imide groups is 1. The van der Waals surface area contributed by atoms with Crippen molar-refractivity contribution in [1.82, 2.24) is 10.2 Å². The van der Waals surface area contributed by atoms with Crippen molar-refractivity contribution in [2.45, 2.75) is 52.0 Å². The lowest BCUT2D eigenvalue weighted by Crippen LogP contribution is -2.54. The lowest BCUT2D eigenvalue weighted by Gasteiger charge is -2.43. The summed E-state index contributed by atoms with van der Waals surface area (Å²) in [6.07, 6.45) is 2.97. The number of nitrogens with one attached hydrogen (secondary N) is 2. The highest BCUT2D eigenvalue weighted by atomic mass is 16.5. The molecule has 0 radical (unpaired) electrons. The van der Waals surface area contributed by atoms with Crippen LogP contribution in [-0.4, -0.2) is 48.0 Å². The third-order valence-corrected chi connectivity index (χ3v) is 5.96. The number of carbonyl (C=O) groups is 3. The Hall–Kier alpha value is -2.77. The van der Waals surface area contributed by atoms with E-state index in [1.165, 1.54) is 0 Å². The number of hydrogen-bond donors (Lipinski definition) is 2. The van der Waals surface area contributed by atoms with E-state index in [2.05, 4.69) is 31.4 Å². The molecule has 4 amide bonds. The highest BCUT2D eigenvalue weighted by Gasteiger charge is 2.56. The second-order valence-corrected chi connectivity index (χ2v) is 9.52. The Morgan fingerprint density at radius 3 is 2.67 bits per heavy atom. The lowest BCUT2D eigenvalue weighted by atomic mass is 9.64. The van der Waals surface area contributed by atoms with Crippen molar-refractivity contribution in [3.63, 3.8) is 0 Å². The molecule has 2 heterocycles. The summed E-state index contributed by atoms with van der Waals surface area (Å²) >= 11 is 0. The second-order valence-electron chi connectivity index (χ2n) is 9.52. The van der Waals surface area contributed by atoms with Crippen LogP contribution in [0.15, 0.2) is 18.2 Å². The van der Waals surface area contributed by atoms with Gasteiger partial charge < -0.3 is 20.1 Å². The first-order valence-corrected chi connectivity index (χ1v) is 10.5.